The first-order valence-electron chi connectivity index (χ1n) is 5.13. The summed E-state index contributed by atoms with van der Waals surface area (Å²) in [6, 6.07) is 4.63. The molecule has 5 heteroatoms. The normalized spacial score (nSPS) is 11.9. The van der Waals surface area contributed by atoms with Crippen LogP contribution in [-0.4, -0.2) is 28.6 Å². The Balaban J connectivity index is 2.91. The number of nitrogens with zero attached hydrogens (tertiary/aromatic N) is 1. The van der Waals surface area contributed by atoms with E-state index in [1.165, 1.54) is 6.07 Å². The molecule has 0 saturated carbocycles. The molecule has 0 aliphatic carbocycles. The molecule has 0 aliphatic heterocycles. The van der Waals surface area contributed by atoms with Crippen LogP contribution in [0.3, 0.4) is 0 Å². The van der Waals surface area contributed by atoms with Crippen LogP contribution in [0, 0.1) is 5.82 Å². The third-order valence-electron chi connectivity index (χ3n) is 2.89. The highest BCUT2D eigenvalue weighted by atomic mass is 79.9. The molecule has 0 aliphatic rings. The summed E-state index contributed by atoms with van der Waals surface area (Å²) in [6.07, 6.45) is 0. The Hall–Kier alpha value is -0.940. The third kappa shape index (κ3) is 3.26. The van der Waals surface area contributed by atoms with E-state index in [4.69, 9.17) is 5.11 Å². The Morgan fingerprint density at radius 3 is 2.65 bits per heavy atom. The number of benzene rings is 1. The van der Waals surface area contributed by atoms with Crippen molar-refractivity contribution < 1.29 is 14.3 Å². The molecule has 0 atom stereocenters. The van der Waals surface area contributed by atoms with Gasteiger partial charge in [-0.3, -0.25) is 9.69 Å². The summed E-state index contributed by atoms with van der Waals surface area (Å²) in [5.41, 5.74) is -0.564. The second-order valence-electron chi connectivity index (χ2n) is 4.46. The van der Waals surface area contributed by atoms with E-state index in [9.17, 15) is 9.18 Å². The molecule has 0 aromatic heterocycles. The molecule has 0 spiro atoms. The van der Waals surface area contributed by atoms with Crippen molar-refractivity contribution in [1.29, 1.82) is 0 Å². The van der Waals surface area contributed by atoms with Gasteiger partial charge in [-0.1, -0.05) is 15.9 Å². The van der Waals surface area contributed by atoms with Crippen LogP contribution in [0.15, 0.2) is 22.7 Å². The molecule has 0 unspecified atom stereocenters. The molecule has 0 saturated heterocycles. The van der Waals surface area contributed by atoms with Gasteiger partial charge < -0.3 is 5.11 Å². The zero-order valence-corrected chi connectivity index (χ0v) is 11.6. The number of aliphatic carboxylic acids is 1. The van der Waals surface area contributed by atoms with E-state index in [-0.39, 0.29) is 12.4 Å². The van der Waals surface area contributed by atoms with E-state index in [1.807, 2.05) is 0 Å². The molecule has 0 fully saturated rings. The summed E-state index contributed by atoms with van der Waals surface area (Å²) in [4.78, 5) is 12.7. The molecule has 0 radical (unpaired) electrons. The number of carboxylic acids is 1. The smallest absolute Gasteiger partial charge is 0.323 e. The Morgan fingerprint density at radius 2 is 2.12 bits per heavy atom. The maximum Gasteiger partial charge on any atom is 0.323 e. The molecule has 0 bridgehead atoms. The van der Waals surface area contributed by atoms with Gasteiger partial charge in [0.15, 0.2) is 0 Å². The first-order valence-corrected chi connectivity index (χ1v) is 5.93. The average molecular weight is 304 g/mol. The van der Waals surface area contributed by atoms with Crippen LogP contribution >= 0.6 is 15.9 Å². The minimum absolute atomic E-state index is 0.241. The van der Waals surface area contributed by atoms with Crippen LogP contribution in [0.4, 0.5) is 4.39 Å². The van der Waals surface area contributed by atoms with Crippen molar-refractivity contribution in [2.45, 2.75) is 25.9 Å². The van der Waals surface area contributed by atoms with Gasteiger partial charge in [-0.2, -0.15) is 0 Å². The van der Waals surface area contributed by atoms with Crippen LogP contribution in [0.25, 0.3) is 0 Å². The molecule has 17 heavy (non-hydrogen) atoms. The highest BCUT2D eigenvalue weighted by Crippen LogP contribution is 2.20. The number of halogens is 2. The molecular formula is C12H15BrFNO2. The van der Waals surface area contributed by atoms with Gasteiger partial charge in [0.25, 0.3) is 0 Å². The predicted octanol–water partition coefficient (Wildman–Crippen LogP) is 2.88. The lowest BCUT2D eigenvalue weighted by Crippen LogP contribution is -2.47. The van der Waals surface area contributed by atoms with Crippen molar-refractivity contribution in [3.05, 3.63) is 34.1 Å². The van der Waals surface area contributed by atoms with Crippen molar-refractivity contribution in [3.63, 3.8) is 0 Å². The first kappa shape index (κ1) is 14.1. The molecule has 1 aromatic carbocycles. The summed E-state index contributed by atoms with van der Waals surface area (Å²) in [7, 11) is 1.66. The lowest BCUT2D eigenvalue weighted by Gasteiger charge is -2.31. The van der Waals surface area contributed by atoms with Gasteiger partial charge in [0, 0.05) is 16.6 Å². The fraction of sp³-hybridized carbons (Fsp3) is 0.417. The van der Waals surface area contributed by atoms with E-state index >= 15 is 0 Å². The summed E-state index contributed by atoms with van der Waals surface area (Å²) >= 11 is 3.26. The lowest BCUT2D eigenvalue weighted by molar-refractivity contribution is -0.148. The molecular weight excluding hydrogens is 289 g/mol. The zero-order chi connectivity index (χ0) is 13.2. The summed E-state index contributed by atoms with van der Waals surface area (Å²) in [5.74, 6) is -1.27. The number of carboxylic acid groups (broad SMARTS) is 1. The fourth-order valence-corrected chi connectivity index (χ4v) is 1.69. The van der Waals surface area contributed by atoms with Crippen LogP contribution in [-0.2, 0) is 11.3 Å². The van der Waals surface area contributed by atoms with E-state index in [1.54, 1.807) is 37.9 Å². The van der Waals surface area contributed by atoms with Crippen molar-refractivity contribution in [3.8, 4) is 0 Å². The lowest BCUT2D eigenvalue weighted by atomic mass is 10.0. The number of hydrogen-bond acceptors (Lipinski definition) is 2. The monoisotopic (exact) mass is 303 g/mol. The highest BCUT2D eigenvalue weighted by molar-refractivity contribution is 9.10. The second kappa shape index (κ2) is 5.14. The predicted molar refractivity (Wildman–Crippen MR) is 67.3 cm³/mol. The SMILES string of the molecule is CN(Cc1cc(Br)ccc1F)C(C)(C)C(=O)O. The average Bonchev–Trinajstić information content (AvgIpc) is 2.23. The molecule has 3 nitrogen and oxygen atoms in total. The molecule has 1 aromatic rings. The van der Waals surface area contributed by atoms with Gasteiger partial charge in [-0.05, 0) is 39.1 Å². The minimum Gasteiger partial charge on any atom is -0.480 e. The van der Waals surface area contributed by atoms with E-state index < -0.39 is 11.5 Å². The molecule has 0 amide bonds. The summed E-state index contributed by atoms with van der Waals surface area (Å²) in [6.45, 7) is 3.42. The van der Waals surface area contributed by atoms with Gasteiger partial charge in [-0.25, -0.2) is 4.39 Å². The van der Waals surface area contributed by atoms with E-state index in [2.05, 4.69) is 15.9 Å². The topological polar surface area (TPSA) is 40.5 Å². The Kier molecular flexibility index (Phi) is 4.27. The van der Waals surface area contributed by atoms with Gasteiger partial charge in [-0.15, -0.1) is 0 Å². The van der Waals surface area contributed by atoms with Crippen LogP contribution in [0.2, 0.25) is 0 Å². The van der Waals surface area contributed by atoms with Crippen molar-refractivity contribution >= 4 is 21.9 Å². The summed E-state index contributed by atoms with van der Waals surface area (Å²) in [5, 5.41) is 9.07. The van der Waals surface area contributed by atoms with Crippen molar-refractivity contribution in [1.82, 2.24) is 4.90 Å². The quantitative estimate of drug-likeness (QED) is 0.930. The minimum atomic E-state index is -1.03. The molecule has 94 valence electrons. The van der Waals surface area contributed by atoms with Crippen LogP contribution in [0.1, 0.15) is 19.4 Å². The van der Waals surface area contributed by atoms with Gasteiger partial charge in [0.2, 0.25) is 0 Å². The zero-order valence-electron chi connectivity index (χ0n) is 10.00. The molecule has 1 N–H and O–H groups in total. The van der Waals surface area contributed by atoms with Gasteiger partial charge in [0.05, 0.1) is 0 Å². The van der Waals surface area contributed by atoms with Crippen molar-refractivity contribution in [2.24, 2.45) is 0 Å². The molecule has 0 heterocycles. The largest absolute Gasteiger partial charge is 0.480 e. The Bertz CT molecular complexity index is 435. The number of hydrogen-bond donors (Lipinski definition) is 1. The van der Waals surface area contributed by atoms with Gasteiger partial charge in [0.1, 0.15) is 11.4 Å². The Labute approximate surface area is 108 Å². The number of carbonyl (C=O) groups is 1. The third-order valence-corrected chi connectivity index (χ3v) is 3.39. The first-order chi connectivity index (χ1) is 7.75. The van der Waals surface area contributed by atoms with Crippen LogP contribution < -0.4 is 0 Å². The maximum atomic E-state index is 13.5. The molecule has 1 rings (SSSR count). The fourth-order valence-electron chi connectivity index (χ4n) is 1.28. The number of rotatable bonds is 4. The maximum absolute atomic E-state index is 13.5. The Morgan fingerprint density at radius 1 is 1.53 bits per heavy atom. The van der Waals surface area contributed by atoms with Gasteiger partial charge >= 0.3 is 5.97 Å². The standard InChI is InChI=1S/C12H15BrFNO2/c1-12(2,11(16)17)15(3)7-8-6-9(13)4-5-10(8)14/h4-6H,7H2,1-3H3,(H,16,17). The highest BCUT2D eigenvalue weighted by Gasteiger charge is 2.32. The van der Waals surface area contributed by atoms with E-state index in [0.717, 1.165) is 4.47 Å². The number of likely N-dealkylation sites (N-methyl/N-ethyl adjacent to an activating group) is 1. The second-order valence-corrected chi connectivity index (χ2v) is 5.37. The van der Waals surface area contributed by atoms with Crippen molar-refractivity contribution in [2.75, 3.05) is 7.05 Å². The van der Waals surface area contributed by atoms with E-state index in [0.29, 0.717) is 5.56 Å². The van der Waals surface area contributed by atoms with Crippen LogP contribution in [0.5, 0.6) is 0 Å². The summed E-state index contributed by atoms with van der Waals surface area (Å²) < 4.78 is 14.3.